The highest BCUT2D eigenvalue weighted by Gasteiger charge is 2.35. The SMILES string of the molecule is CCNC(=NCC1CCCOC1C(C)(C)C)NCCc1cn2ccccc2n1.I. The van der Waals surface area contributed by atoms with Crippen LogP contribution in [0.1, 0.15) is 46.2 Å². The smallest absolute Gasteiger partial charge is 0.191 e. The monoisotopic (exact) mass is 513 g/mol. The van der Waals surface area contributed by atoms with Crippen LogP contribution in [0.2, 0.25) is 0 Å². The molecule has 1 aliphatic heterocycles. The zero-order valence-corrected chi connectivity index (χ0v) is 20.5. The van der Waals surface area contributed by atoms with Crippen molar-refractivity contribution in [3.8, 4) is 0 Å². The lowest BCUT2D eigenvalue weighted by Crippen LogP contribution is -2.43. The second-order valence-corrected chi connectivity index (χ2v) is 8.65. The van der Waals surface area contributed by atoms with E-state index in [9.17, 15) is 0 Å². The topological polar surface area (TPSA) is 63.0 Å². The molecule has 162 valence electrons. The van der Waals surface area contributed by atoms with Crippen LogP contribution in [-0.2, 0) is 11.2 Å². The van der Waals surface area contributed by atoms with Crippen LogP contribution < -0.4 is 10.6 Å². The molecule has 0 radical (unpaired) electrons. The molecule has 3 rings (SSSR count). The predicted octanol–water partition coefficient (Wildman–Crippen LogP) is 3.89. The van der Waals surface area contributed by atoms with Gasteiger partial charge >= 0.3 is 0 Å². The van der Waals surface area contributed by atoms with E-state index in [1.54, 1.807) is 0 Å². The third-order valence-corrected chi connectivity index (χ3v) is 5.21. The van der Waals surface area contributed by atoms with Crippen molar-refractivity contribution in [3.63, 3.8) is 0 Å². The average molecular weight is 513 g/mol. The average Bonchev–Trinajstić information content (AvgIpc) is 3.08. The first kappa shape index (κ1) is 23.9. The Balaban J connectivity index is 0.00000300. The largest absolute Gasteiger partial charge is 0.377 e. The molecule has 0 aliphatic carbocycles. The summed E-state index contributed by atoms with van der Waals surface area (Å²) in [6.45, 7) is 12.2. The molecule has 2 aromatic heterocycles. The molecular formula is C22H36IN5O. The molecule has 0 amide bonds. The lowest BCUT2D eigenvalue weighted by atomic mass is 9.78. The summed E-state index contributed by atoms with van der Waals surface area (Å²) in [6, 6.07) is 6.06. The fourth-order valence-corrected chi connectivity index (χ4v) is 3.95. The van der Waals surface area contributed by atoms with Crippen LogP contribution in [0.3, 0.4) is 0 Å². The molecule has 29 heavy (non-hydrogen) atoms. The van der Waals surface area contributed by atoms with Gasteiger partial charge in [0.05, 0.1) is 11.8 Å². The number of pyridine rings is 1. The Labute approximate surface area is 191 Å². The molecule has 3 heterocycles. The standard InChI is InChI=1S/C22H35N5O.HI/c1-5-23-21(25-15-17-9-8-14-28-20(17)22(2,3)4)24-12-11-18-16-27-13-7-6-10-19(27)26-18;/h6-7,10,13,16-17,20H,5,8-9,11-12,14-15H2,1-4H3,(H2,23,24,25);1H. The van der Waals surface area contributed by atoms with Crippen molar-refractivity contribution in [2.75, 3.05) is 26.2 Å². The maximum atomic E-state index is 6.09. The number of rotatable bonds is 6. The molecule has 2 unspecified atom stereocenters. The molecule has 0 saturated carbocycles. The highest BCUT2D eigenvalue weighted by atomic mass is 127. The van der Waals surface area contributed by atoms with Gasteiger partial charge in [-0.3, -0.25) is 4.99 Å². The van der Waals surface area contributed by atoms with E-state index in [0.29, 0.717) is 5.92 Å². The van der Waals surface area contributed by atoms with E-state index in [4.69, 9.17) is 9.73 Å². The number of hydrogen-bond acceptors (Lipinski definition) is 3. The van der Waals surface area contributed by atoms with Crippen LogP contribution in [0.15, 0.2) is 35.6 Å². The van der Waals surface area contributed by atoms with Gasteiger partial charge in [0, 0.05) is 51.0 Å². The highest BCUT2D eigenvalue weighted by Crippen LogP contribution is 2.34. The number of halogens is 1. The summed E-state index contributed by atoms with van der Waals surface area (Å²) in [5, 5.41) is 6.82. The minimum absolute atomic E-state index is 0. The third kappa shape index (κ3) is 6.84. The number of aromatic nitrogens is 2. The van der Waals surface area contributed by atoms with Crippen LogP contribution in [-0.4, -0.2) is 47.7 Å². The van der Waals surface area contributed by atoms with Crippen LogP contribution in [0, 0.1) is 11.3 Å². The maximum absolute atomic E-state index is 6.09. The number of aliphatic imine (C=N–C) groups is 1. The molecular weight excluding hydrogens is 477 g/mol. The van der Waals surface area contributed by atoms with Crippen molar-refractivity contribution >= 4 is 35.6 Å². The van der Waals surface area contributed by atoms with Crippen molar-refractivity contribution in [3.05, 3.63) is 36.3 Å². The van der Waals surface area contributed by atoms with Crippen LogP contribution in [0.25, 0.3) is 5.65 Å². The minimum Gasteiger partial charge on any atom is -0.377 e. The Morgan fingerprint density at radius 1 is 1.31 bits per heavy atom. The van der Waals surface area contributed by atoms with E-state index in [1.165, 1.54) is 6.42 Å². The van der Waals surface area contributed by atoms with Gasteiger partial charge in [0.1, 0.15) is 5.65 Å². The molecule has 1 saturated heterocycles. The Bertz CT molecular complexity index is 750. The van der Waals surface area contributed by atoms with Crippen LogP contribution in [0.4, 0.5) is 0 Å². The summed E-state index contributed by atoms with van der Waals surface area (Å²) in [4.78, 5) is 9.52. The maximum Gasteiger partial charge on any atom is 0.191 e. The summed E-state index contributed by atoms with van der Waals surface area (Å²) in [7, 11) is 0. The number of nitrogens with one attached hydrogen (secondary N) is 2. The molecule has 0 bridgehead atoms. The van der Waals surface area contributed by atoms with Gasteiger partial charge in [-0.25, -0.2) is 4.98 Å². The predicted molar refractivity (Wildman–Crippen MR) is 130 cm³/mol. The molecule has 1 fully saturated rings. The summed E-state index contributed by atoms with van der Waals surface area (Å²) in [6.07, 6.45) is 7.57. The fourth-order valence-electron chi connectivity index (χ4n) is 3.95. The molecule has 2 aromatic rings. The van der Waals surface area contributed by atoms with Gasteiger partial charge in [0.2, 0.25) is 0 Å². The van der Waals surface area contributed by atoms with Crippen LogP contribution >= 0.6 is 24.0 Å². The van der Waals surface area contributed by atoms with Gasteiger partial charge in [-0.05, 0) is 37.3 Å². The van der Waals surface area contributed by atoms with Crippen molar-refractivity contribution in [2.24, 2.45) is 16.3 Å². The number of nitrogens with zero attached hydrogens (tertiary/aromatic N) is 3. The van der Waals surface area contributed by atoms with Gasteiger partial charge in [0.15, 0.2) is 5.96 Å². The number of imidazole rings is 1. The number of hydrogen-bond donors (Lipinski definition) is 2. The van der Waals surface area contributed by atoms with E-state index < -0.39 is 0 Å². The Morgan fingerprint density at radius 3 is 2.86 bits per heavy atom. The third-order valence-electron chi connectivity index (χ3n) is 5.21. The van der Waals surface area contributed by atoms with E-state index in [-0.39, 0.29) is 35.5 Å². The molecule has 2 atom stereocenters. The summed E-state index contributed by atoms with van der Waals surface area (Å²) >= 11 is 0. The lowest BCUT2D eigenvalue weighted by Gasteiger charge is -2.39. The molecule has 0 spiro atoms. The van der Waals surface area contributed by atoms with Gasteiger partial charge in [-0.15, -0.1) is 24.0 Å². The first-order valence-corrected chi connectivity index (χ1v) is 10.5. The first-order valence-electron chi connectivity index (χ1n) is 10.5. The van der Waals surface area contributed by atoms with Crippen molar-refractivity contribution in [2.45, 2.75) is 53.1 Å². The molecule has 1 aliphatic rings. The molecule has 6 nitrogen and oxygen atoms in total. The normalized spacial score (nSPS) is 20.3. The van der Waals surface area contributed by atoms with Crippen molar-refractivity contribution in [1.29, 1.82) is 0 Å². The van der Waals surface area contributed by atoms with Crippen molar-refractivity contribution in [1.82, 2.24) is 20.0 Å². The van der Waals surface area contributed by atoms with E-state index in [0.717, 1.165) is 56.4 Å². The Hall–Kier alpha value is -1.35. The number of ether oxygens (including phenoxy) is 1. The van der Waals surface area contributed by atoms with Gasteiger partial charge in [-0.2, -0.15) is 0 Å². The zero-order valence-electron chi connectivity index (χ0n) is 18.1. The van der Waals surface area contributed by atoms with Gasteiger partial charge < -0.3 is 19.8 Å². The van der Waals surface area contributed by atoms with E-state index >= 15 is 0 Å². The summed E-state index contributed by atoms with van der Waals surface area (Å²) < 4.78 is 8.15. The number of guanidine groups is 1. The van der Waals surface area contributed by atoms with Gasteiger partial charge in [-0.1, -0.05) is 26.8 Å². The van der Waals surface area contributed by atoms with E-state index in [2.05, 4.69) is 53.9 Å². The quantitative estimate of drug-likeness (QED) is 0.350. The Morgan fingerprint density at radius 2 is 2.14 bits per heavy atom. The second kappa shape index (κ2) is 11.2. The summed E-state index contributed by atoms with van der Waals surface area (Å²) in [5.41, 5.74) is 2.22. The minimum atomic E-state index is 0. The van der Waals surface area contributed by atoms with E-state index in [1.807, 2.05) is 24.4 Å². The Kier molecular flexibility index (Phi) is 9.20. The molecule has 0 aromatic carbocycles. The number of fused-ring (bicyclic) bond motifs is 1. The first-order chi connectivity index (χ1) is 13.5. The fraction of sp³-hybridized carbons (Fsp3) is 0.636. The second-order valence-electron chi connectivity index (χ2n) is 8.65. The van der Waals surface area contributed by atoms with Crippen LogP contribution in [0.5, 0.6) is 0 Å². The molecule has 7 heteroatoms. The van der Waals surface area contributed by atoms with Gasteiger partial charge in [0.25, 0.3) is 0 Å². The van der Waals surface area contributed by atoms with Crippen molar-refractivity contribution < 1.29 is 4.74 Å². The molecule has 2 N–H and O–H groups in total. The zero-order chi connectivity index (χ0) is 20.0. The lowest BCUT2D eigenvalue weighted by molar-refractivity contribution is -0.0823. The highest BCUT2D eigenvalue weighted by molar-refractivity contribution is 14.0. The summed E-state index contributed by atoms with van der Waals surface area (Å²) in [5.74, 6) is 1.35.